The van der Waals surface area contributed by atoms with Gasteiger partial charge in [-0.05, 0) is 42.2 Å². The Labute approximate surface area is 170 Å². The van der Waals surface area contributed by atoms with E-state index in [-0.39, 0.29) is 12.5 Å². The molecule has 29 heavy (non-hydrogen) atoms. The quantitative estimate of drug-likeness (QED) is 0.667. The second-order valence-corrected chi connectivity index (χ2v) is 6.82. The van der Waals surface area contributed by atoms with Crippen LogP contribution in [0.4, 0.5) is 5.69 Å². The van der Waals surface area contributed by atoms with E-state index in [0.717, 1.165) is 16.8 Å². The topological polar surface area (TPSA) is 93.7 Å². The predicted octanol–water partition coefficient (Wildman–Crippen LogP) is 3.04. The molecule has 0 spiro atoms. The first kappa shape index (κ1) is 21.9. The predicted molar refractivity (Wildman–Crippen MR) is 110 cm³/mol. The molecule has 7 heteroatoms. The molecule has 0 radical (unpaired) electrons. The average molecular weight is 398 g/mol. The van der Waals surface area contributed by atoms with Gasteiger partial charge in [0.05, 0.1) is 7.11 Å². The van der Waals surface area contributed by atoms with Crippen molar-refractivity contribution in [3.05, 3.63) is 59.2 Å². The Kier molecular flexibility index (Phi) is 7.77. The highest BCUT2D eigenvalue weighted by Crippen LogP contribution is 2.27. The minimum Gasteiger partial charge on any atom is -0.497 e. The molecular weight excluding hydrogens is 372 g/mol. The molecule has 0 saturated carbocycles. The molecule has 0 saturated heterocycles. The molecule has 2 amide bonds. The zero-order chi connectivity index (χ0) is 21.4. The van der Waals surface area contributed by atoms with E-state index in [9.17, 15) is 14.4 Å². The van der Waals surface area contributed by atoms with Gasteiger partial charge in [-0.15, -0.1) is 0 Å². The maximum absolute atomic E-state index is 12.2. The number of carbonyl (C=O) groups is 3. The van der Waals surface area contributed by atoms with E-state index >= 15 is 0 Å². The van der Waals surface area contributed by atoms with Gasteiger partial charge < -0.3 is 20.1 Å². The summed E-state index contributed by atoms with van der Waals surface area (Å²) in [5.41, 5.74) is 3.03. The Hall–Kier alpha value is -3.35. The molecule has 2 rings (SSSR count). The number of rotatable bonds is 8. The summed E-state index contributed by atoms with van der Waals surface area (Å²) in [6.07, 6.45) is 0. The number of methoxy groups -OCH3 is 1. The van der Waals surface area contributed by atoms with Crippen LogP contribution in [0.3, 0.4) is 0 Å². The molecule has 2 N–H and O–H groups in total. The second kappa shape index (κ2) is 10.3. The van der Waals surface area contributed by atoms with Crippen molar-refractivity contribution in [2.24, 2.45) is 0 Å². The number of para-hydroxylation sites is 1. The van der Waals surface area contributed by atoms with Crippen molar-refractivity contribution in [2.45, 2.75) is 26.7 Å². The van der Waals surface area contributed by atoms with Gasteiger partial charge in [0.15, 0.2) is 6.61 Å². The van der Waals surface area contributed by atoms with Crippen molar-refractivity contribution < 1.29 is 23.9 Å². The van der Waals surface area contributed by atoms with Crippen LogP contribution in [0.25, 0.3) is 0 Å². The fourth-order valence-electron chi connectivity index (χ4n) is 2.73. The summed E-state index contributed by atoms with van der Waals surface area (Å²) in [7, 11) is 1.50. The van der Waals surface area contributed by atoms with E-state index in [1.54, 1.807) is 24.3 Å². The lowest BCUT2D eigenvalue weighted by Gasteiger charge is -2.16. The zero-order valence-corrected chi connectivity index (χ0v) is 17.1. The number of aryl methyl sites for hydroxylation is 1. The number of hydrogen-bond acceptors (Lipinski definition) is 5. The molecule has 0 aliphatic carbocycles. The summed E-state index contributed by atoms with van der Waals surface area (Å²) in [6, 6.07) is 12.3. The summed E-state index contributed by atoms with van der Waals surface area (Å²) in [6.45, 7) is 5.21. The molecule has 0 heterocycles. The first-order chi connectivity index (χ1) is 13.8. The number of benzene rings is 2. The third-order valence-electron chi connectivity index (χ3n) is 4.28. The third-order valence-corrected chi connectivity index (χ3v) is 4.28. The molecule has 0 bridgehead atoms. The largest absolute Gasteiger partial charge is 0.497 e. The van der Waals surface area contributed by atoms with Crippen LogP contribution in [0.15, 0.2) is 42.5 Å². The normalized spacial score (nSPS) is 10.4. The van der Waals surface area contributed by atoms with Gasteiger partial charge in [-0.1, -0.05) is 38.1 Å². The van der Waals surface area contributed by atoms with Gasteiger partial charge in [0, 0.05) is 11.3 Å². The van der Waals surface area contributed by atoms with E-state index in [2.05, 4.69) is 10.6 Å². The highest BCUT2D eigenvalue weighted by atomic mass is 16.5. The summed E-state index contributed by atoms with van der Waals surface area (Å²) < 4.78 is 10.0. The fourth-order valence-corrected chi connectivity index (χ4v) is 2.73. The SMILES string of the molecule is COc1cccc(C(=O)NCC(=O)OCC(=O)Nc2c(C)cccc2C(C)C)c1. The van der Waals surface area contributed by atoms with E-state index < -0.39 is 24.4 Å². The minimum absolute atomic E-state index is 0.236. The summed E-state index contributed by atoms with van der Waals surface area (Å²) in [4.78, 5) is 36.1. The maximum Gasteiger partial charge on any atom is 0.325 e. The lowest BCUT2D eigenvalue weighted by Crippen LogP contribution is -2.32. The molecule has 0 unspecified atom stereocenters. The van der Waals surface area contributed by atoms with Gasteiger partial charge in [0.25, 0.3) is 11.8 Å². The molecule has 0 atom stereocenters. The van der Waals surface area contributed by atoms with Gasteiger partial charge in [0.2, 0.25) is 0 Å². The smallest absolute Gasteiger partial charge is 0.325 e. The Morgan fingerprint density at radius 1 is 1.07 bits per heavy atom. The van der Waals surface area contributed by atoms with Gasteiger partial charge in [-0.2, -0.15) is 0 Å². The van der Waals surface area contributed by atoms with Crippen molar-refractivity contribution in [3.63, 3.8) is 0 Å². The molecule has 154 valence electrons. The highest BCUT2D eigenvalue weighted by molar-refractivity contribution is 5.97. The van der Waals surface area contributed by atoms with Crippen LogP contribution in [0.1, 0.15) is 41.3 Å². The standard InChI is InChI=1S/C22H26N2O5/c1-14(2)18-10-5-7-15(3)21(18)24-19(25)13-29-20(26)12-23-22(27)16-8-6-9-17(11-16)28-4/h5-11,14H,12-13H2,1-4H3,(H,23,27)(H,24,25). The molecule has 0 fully saturated rings. The first-order valence-electron chi connectivity index (χ1n) is 9.29. The van der Waals surface area contributed by atoms with Gasteiger partial charge in [-0.25, -0.2) is 0 Å². The number of anilines is 1. The van der Waals surface area contributed by atoms with E-state index in [1.165, 1.54) is 7.11 Å². The van der Waals surface area contributed by atoms with Crippen LogP contribution < -0.4 is 15.4 Å². The van der Waals surface area contributed by atoms with E-state index in [4.69, 9.17) is 9.47 Å². The van der Waals surface area contributed by atoms with Gasteiger partial charge >= 0.3 is 5.97 Å². The number of esters is 1. The molecule has 2 aromatic carbocycles. The second-order valence-electron chi connectivity index (χ2n) is 6.82. The van der Waals surface area contributed by atoms with Crippen molar-refractivity contribution in [2.75, 3.05) is 25.6 Å². The van der Waals surface area contributed by atoms with Crippen LogP contribution in [-0.4, -0.2) is 38.0 Å². The Bertz CT molecular complexity index is 893. The van der Waals surface area contributed by atoms with Crippen LogP contribution in [0.2, 0.25) is 0 Å². The molecule has 0 aromatic heterocycles. The number of ether oxygens (including phenoxy) is 2. The average Bonchev–Trinajstić information content (AvgIpc) is 2.71. The van der Waals surface area contributed by atoms with Gasteiger partial charge in [-0.3, -0.25) is 14.4 Å². The lowest BCUT2D eigenvalue weighted by atomic mass is 9.98. The Morgan fingerprint density at radius 2 is 1.79 bits per heavy atom. The molecule has 0 aliphatic heterocycles. The number of amides is 2. The maximum atomic E-state index is 12.2. The third kappa shape index (κ3) is 6.34. The summed E-state index contributed by atoms with van der Waals surface area (Å²) >= 11 is 0. The number of nitrogens with one attached hydrogen (secondary N) is 2. The lowest BCUT2D eigenvalue weighted by molar-refractivity contribution is -0.146. The summed E-state index contributed by atoms with van der Waals surface area (Å²) in [5.74, 6) is -0.806. The van der Waals surface area contributed by atoms with Crippen LogP contribution in [-0.2, 0) is 14.3 Å². The van der Waals surface area contributed by atoms with Crippen molar-refractivity contribution >= 4 is 23.5 Å². The molecule has 0 aliphatic rings. The minimum atomic E-state index is -0.703. The fraction of sp³-hybridized carbons (Fsp3) is 0.318. The van der Waals surface area contributed by atoms with Crippen molar-refractivity contribution in [3.8, 4) is 5.75 Å². The molecule has 7 nitrogen and oxygen atoms in total. The van der Waals surface area contributed by atoms with Crippen molar-refractivity contribution in [1.29, 1.82) is 0 Å². The van der Waals surface area contributed by atoms with Crippen LogP contribution in [0, 0.1) is 6.92 Å². The van der Waals surface area contributed by atoms with E-state index in [0.29, 0.717) is 11.3 Å². The molecule has 2 aromatic rings. The number of hydrogen-bond donors (Lipinski definition) is 2. The highest BCUT2D eigenvalue weighted by Gasteiger charge is 2.14. The monoisotopic (exact) mass is 398 g/mol. The Balaban J connectivity index is 1.83. The number of carbonyl (C=O) groups excluding carboxylic acids is 3. The first-order valence-corrected chi connectivity index (χ1v) is 9.29. The van der Waals surface area contributed by atoms with Crippen LogP contribution >= 0.6 is 0 Å². The van der Waals surface area contributed by atoms with Crippen molar-refractivity contribution in [1.82, 2.24) is 5.32 Å². The van der Waals surface area contributed by atoms with Gasteiger partial charge in [0.1, 0.15) is 12.3 Å². The van der Waals surface area contributed by atoms with E-state index in [1.807, 2.05) is 39.0 Å². The molecular formula is C22H26N2O5. The zero-order valence-electron chi connectivity index (χ0n) is 17.1. The van der Waals surface area contributed by atoms with Crippen LogP contribution in [0.5, 0.6) is 5.75 Å². The summed E-state index contributed by atoms with van der Waals surface area (Å²) in [5, 5.41) is 5.26. The Morgan fingerprint density at radius 3 is 2.48 bits per heavy atom.